The van der Waals surface area contributed by atoms with Gasteiger partial charge in [-0.2, -0.15) is 5.10 Å². The standard InChI is InChI=1S/C15H26N4/c1-10(2)11-5-6-14-13(8-11)15(18-17-14)19-7-3-4-12(16)9-19/h10-12H,3-9,16H2,1-2H3,(H,17,18). The lowest BCUT2D eigenvalue weighted by Crippen LogP contribution is -2.43. The summed E-state index contributed by atoms with van der Waals surface area (Å²) in [6.45, 7) is 6.75. The molecule has 106 valence electrons. The topological polar surface area (TPSA) is 57.9 Å². The third-order valence-electron chi connectivity index (χ3n) is 4.86. The van der Waals surface area contributed by atoms with E-state index in [1.807, 2.05) is 0 Å². The number of nitrogens with two attached hydrogens (primary N) is 1. The zero-order valence-electron chi connectivity index (χ0n) is 12.2. The lowest BCUT2D eigenvalue weighted by molar-refractivity contribution is 0.341. The molecule has 0 amide bonds. The van der Waals surface area contributed by atoms with E-state index in [1.54, 1.807) is 0 Å². The maximum atomic E-state index is 6.10. The maximum absolute atomic E-state index is 6.10. The largest absolute Gasteiger partial charge is 0.353 e. The average molecular weight is 262 g/mol. The summed E-state index contributed by atoms with van der Waals surface area (Å²) < 4.78 is 0. The van der Waals surface area contributed by atoms with Crippen LogP contribution >= 0.6 is 0 Å². The van der Waals surface area contributed by atoms with Crippen LogP contribution in [0.2, 0.25) is 0 Å². The lowest BCUT2D eigenvalue weighted by Gasteiger charge is -2.33. The van der Waals surface area contributed by atoms with Crippen molar-refractivity contribution in [1.82, 2.24) is 10.2 Å². The van der Waals surface area contributed by atoms with Gasteiger partial charge < -0.3 is 10.6 Å². The number of anilines is 1. The predicted molar refractivity (Wildman–Crippen MR) is 78.4 cm³/mol. The molecule has 4 heteroatoms. The van der Waals surface area contributed by atoms with Crippen molar-refractivity contribution < 1.29 is 0 Å². The van der Waals surface area contributed by atoms with E-state index < -0.39 is 0 Å². The van der Waals surface area contributed by atoms with Gasteiger partial charge in [-0.25, -0.2) is 0 Å². The molecule has 2 atom stereocenters. The van der Waals surface area contributed by atoms with E-state index in [2.05, 4.69) is 28.9 Å². The van der Waals surface area contributed by atoms with Crippen LogP contribution in [0.5, 0.6) is 0 Å². The Kier molecular flexibility index (Phi) is 3.52. The second kappa shape index (κ2) is 5.16. The molecule has 1 aliphatic heterocycles. The molecule has 4 nitrogen and oxygen atoms in total. The van der Waals surface area contributed by atoms with Gasteiger partial charge in [0.2, 0.25) is 0 Å². The summed E-state index contributed by atoms with van der Waals surface area (Å²) in [5.74, 6) is 2.76. The van der Waals surface area contributed by atoms with Crippen LogP contribution in [0.3, 0.4) is 0 Å². The molecule has 1 saturated heterocycles. The van der Waals surface area contributed by atoms with Gasteiger partial charge in [0.1, 0.15) is 0 Å². The summed E-state index contributed by atoms with van der Waals surface area (Å²) in [6.07, 6.45) is 5.98. The number of piperidine rings is 1. The fourth-order valence-corrected chi connectivity index (χ4v) is 3.54. The molecular formula is C15H26N4. The van der Waals surface area contributed by atoms with Gasteiger partial charge in [0.05, 0.1) is 0 Å². The van der Waals surface area contributed by atoms with E-state index in [-0.39, 0.29) is 0 Å². The van der Waals surface area contributed by atoms with Crippen LogP contribution in [0.15, 0.2) is 0 Å². The van der Waals surface area contributed by atoms with Crippen molar-refractivity contribution in [2.75, 3.05) is 18.0 Å². The Morgan fingerprint density at radius 3 is 2.95 bits per heavy atom. The van der Waals surface area contributed by atoms with Gasteiger partial charge in [-0.3, -0.25) is 5.10 Å². The van der Waals surface area contributed by atoms with Crippen molar-refractivity contribution >= 4 is 5.82 Å². The summed E-state index contributed by atoms with van der Waals surface area (Å²) in [7, 11) is 0. The molecule has 0 spiro atoms. The molecular weight excluding hydrogens is 236 g/mol. The molecule has 1 fully saturated rings. The minimum atomic E-state index is 0.311. The summed E-state index contributed by atoms with van der Waals surface area (Å²) in [6, 6.07) is 0.311. The first-order valence-electron chi connectivity index (χ1n) is 7.71. The highest BCUT2D eigenvalue weighted by atomic mass is 15.3. The summed E-state index contributed by atoms with van der Waals surface area (Å²) >= 11 is 0. The molecule has 3 N–H and O–H groups in total. The van der Waals surface area contributed by atoms with Gasteiger partial charge in [0.15, 0.2) is 5.82 Å². The molecule has 0 aromatic carbocycles. The SMILES string of the molecule is CC(C)C1CCc2[nH]nc(N3CCCC(N)C3)c2C1. The number of aromatic nitrogens is 2. The second-order valence-corrected chi connectivity index (χ2v) is 6.60. The molecule has 2 heterocycles. The third kappa shape index (κ3) is 2.50. The van der Waals surface area contributed by atoms with Gasteiger partial charge in [-0.1, -0.05) is 13.8 Å². The quantitative estimate of drug-likeness (QED) is 0.858. The Morgan fingerprint density at radius 2 is 2.21 bits per heavy atom. The first kappa shape index (κ1) is 13.0. The molecule has 1 aromatic rings. The Labute approximate surface area is 115 Å². The lowest BCUT2D eigenvalue weighted by atomic mass is 9.80. The molecule has 2 unspecified atom stereocenters. The van der Waals surface area contributed by atoms with Gasteiger partial charge >= 0.3 is 0 Å². The van der Waals surface area contributed by atoms with Crippen molar-refractivity contribution in [3.8, 4) is 0 Å². The first-order chi connectivity index (χ1) is 9.15. The number of H-pyrrole nitrogens is 1. The van der Waals surface area contributed by atoms with Crippen LogP contribution < -0.4 is 10.6 Å². The van der Waals surface area contributed by atoms with Crippen molar-refractivity contribution in [3.63, 3.8) is 0 Å². The number of aromatic amines is 1. The molecule has 1 aromatic heterocycles. The molecule has 1 aliphatic carbocycles. The van der Waals surface area contributed by atoms with Crippen molar-refractivity contribution in [1.29, 1.82) is 0 Å². The van der Waals surface area contributed by atoms with E-state index >= 15 is 0 Å². The zero-order valence-corrected chi connectivity index (χ0v) is 12.2. The fraction of sp³-hybridized carbons (Fsp3) is 0.800. The molecule has 0 saturated carbocycles. The van der Waals surface area contributed by atoms with Gasteiger partial charge in [-0.05, 0) is 43.9 Å². The summed E-state index contributed by atoms with van der Waals surface area (Å²) in [5.41, 5.74) is 8.94. The molecule has 0 radical (unpaired) electrons. The average Bonchev–Trinajstić information content (AvgIpc) is 2.81. The summed E-state index contributed by atoms with van der Waals surface area (Å²) in [4.78, 5) is 2.40. The highest BCUT2D eigenvalue weighted by molar-refractivity contribution is 5.51. The molecule has 2 aliphatic rings. The van der Waals surface area contributed by atoms with E-state index in [1.165, 1.54) is 36.3 Å². The minimum Gasteiger partial charge on any atom is -0.353 e. The highest BCUT2D eigenvalue weighted by Crippen LogP contribution is 2.34. The second-order valence-electron chi connectivity index (χ2n) is 6.60. The third-order valence-corrected chi connectivity index (χ3v) is 4.86. The van der Waals surface area contributed by atoms with Crippen LogP contribution in [0, 0.1) is 11.8 Å². The van der Waals surface area contributed by atoms with Gasteiger partial charge in [-0.15, -0.1) is 0 Å². The van der Waals surface area contributed by atoms with Crippen molar-refractivity contribution in [2.45, 2.75) is 52.0 Å². The molecule has 0 bridgehead atoms. The number of aryl methyl sites for hydroxylation is 1. The maximum Gasteiger partial charge on any atom is 0.153 e. The van der Waals surface area contributed by atoms with E-state index in [4.69, 9.17) is 5.73 Å². The summed E-state index contributed by atoms with van der Waals surface area (Å²) in [5, 5.41) is 7.86. The van der Waals surface area contributed by atoms with Crippen LogP contribution in [-0.4, -0.2) is 29.3 Å². The van der Waals surface area contributed by atoms with Crippen LogP contribution in [-0.2, 0) is 12.8 Å². The molecule has 19 heavy (non-hydrogen) atoms. The highest BCUT2D eigenvalue weighted by Gasteiger charge is 2.29. The number of rotatable bonds is 2. The van der Waals surface area contributed by atoms with Crippen LogP contribution in [0.25, 0.3) is 0 Å². The Bertz CT molecular complexity index is 437. The zero-order chi connectivity index (χ0) is 13.4. The van der Waals surface area contributed by atoms with Gasteiger partial charge in [0.25, 0.3) is 0 Å². The number of hydrogen-bond donors (Lipinski definition) is 2. The van der Waals surface area contributed by atoms with E-state index in [0.29, 0.717) is 6.04 Å². The minimum absolute atomic E-state index is 0.311. The number of nitrogens with one attached hydrogen (secondary N) is 1. The van der Waals surface area contributed by atoms with Crippen LogP contribution in [0.1, 0.15) is 44.4 Å². The first-order valence-corrected chi connectivity index (χ1v) is 7.71. The monoisotopic (exact) mass is 262 g/mol. The van der Waals surface area contributed by atoms with Crippen LogP contribution in [0.4, 0.5) is 5.82 Å². The number of nitrogens with zero attached hydrogens (tertiary/aromatic N) is 2. The van der Waals surface area contributed by atoms with E-state index in [9.17, 15) is 0 Å². The fourth-order valence-electron chi connectivity index (χ4n) is 3.54. The molecule has 3 rings (SSSR count). The van der Waals surface area contributed by atoms with Gasteiger partial charge in [0, 0.05) is 30.4 Å². The predicted octanol–water partition coefficient (Wildman–Crippen LogP) is 2.10. The number of hydrogen-bond acceptors (Lipinski definition) is 3. The Morgan fingerprint density at radius 1 is 1.37 bits per heavy atom. The van der Waals surface area contributed by atoms with Crippen molar-refractivity contribution in [3.05, 3.63) is 11.3 Å². The smallest absolute Gasteiger partial charge is 0.153 e. The Balaban J connectivity index is 1.82. The Hall–Kier alpha value is -1.03. The van der Waals surface area contributed by atoms with Crippen molar-refractivity contribution in [2.24, 2.45) is 17.6 Å². The number of fused-ring (bicyclic) bond motifs is 1. The normalized spacial score (nSPS) is 27.7. The van der Waals surface area contributed by atoms with E-state index in [0.717, 1.165) is 37.8 Å².